The fourth-order valence-corrected chi connectivity index (χ4v) is 3.30. The van der Waals surface area contributed by atoms with Gasteiger partial charge >= 0.3 is 11.0 Å². The summed E-state index contributed by atoms with van der Waals surface area (Å²) < 4.78 is 108. The van der Waals surface area contributed by atoms with Gasteiger partial charge in [0.15, 0.2) is 0 Å². The molecule has 0 rings (SSSR count). The molecule has 5 nitrogen and oxygen atoms in total. The molecular formula is C4HF6NO4S2. The van der Waals surface area contributed by atoms with Gasteiger partial charge in [0.05, 0.1) is 6.07 Å². The first kappa shape index (κ1) is 16.0. The van der Waals surface area contributed by atoms with Crippen molar-refractivity contribution in [2.45, 2.75) is 15.6 Å². The van der Waals surface area contributed by atoms with Crippen LogP contribution >= 0.6 is 0 Å². The zero-order valence-electron chi connectivity index (χ0n) is 7.24. The molecule has 17 heavy (non-hydrogen) atoms. The Bertz CT molecular complexity index is 490. The van der Waals surface area contributed by atoms with Crippen LogP contribution in [0, 0.1) is 11.3 Å². The molecule has 0 atom stereocenters. The Balaban J connectivity index is 6.03. The van der Waals surface area contributed by atoms with Crippen molar-refractivity contribution in [3.63, 3.8) is 0 Å². The second-order valence-corrected chi connectivity index (χ2v) is 6.79. The predicted molar refractivity (Wildman–Crippen MR) is 39.4 cm³/mol. The monoisotopic (exact) mass is 305 g/mol. The van der Waals surface area contributed by atoms with Gasteiger partial charge in [0.2, 0.25) is 0 Å². The molecule has 0 saturated heterocycles. The molecule has 0 aliphatic rings. The maximum atomic E-state index is 11.8. The Hall–Kier alpha value is -1.03. The van der Waals surface area contributed by atoms with Crippen LogP contribution in [0.5, 0.6) is 0 Å². The average molecular weight is 305 g/mol. The number of halogens is 6. The van der Waals surface area contributed by atoms with Crippen LogP contribution in [0.15, 0.2) is 0 Å². The number of alkyl halides is 6. The van der Waals surface area contributed by atoms with Crippen molar-refractivity contribution in [2.75, 3.05) is 0 Å². The third kappa shape index (κ3) is 2.63. The van der Waals surface area contributed by atoms with Crippen molar-refractivity contribution in [1.82, 2.24) is 0 Å². The lowest BCUT2D eigenvalue weighted by Crippen LogP contribution is -2.44. The topological polar surface area (TPSA) is 92.1 Å². The largest absolute Gasteiger partial charge is 0.499 e. The number of hydrogen-bond donors (Lipinski definition) is 0. The second-order valence-electron chi connectivity index (χ2n) is 2.44. The van der Waals surface area contributed by atoms with E-state index in [0.29, 0.717) is 0 Å². The lowest BCUT2D eigenvalue weighted by molar-refractivity contribution is -0.0465. The third-order valence-electron chi connectivity index (χ3n) is 1.31. The molecule has 0 fully saturated rings. The molecule has 0 N–H and O–H groups in total. The van der Waals surface area contributed by atoms with Crippen molar-refractivity contribution in [3.8, 4) is 6.07 Å². The van der Waals surface area contributed by atoms with Crippen LogP contribution in [-0.4, -0.2) is 32.4 Å². The Morgan fingerprint density at radius 1 is 0.824 bits per heavy atom. The number of nitrogens with zero attached hydrogens (tertiary/aromatic N) is 1. The highest BCUT2D eigenvalue weighted by Gasteiger charge is 2.63. The Morgan fingerprint density at radius 3 is 1.18 bits per heavy atom. The first-order chi connectivity index (χ1) is 7.19. The first-order valence-electron chi connectivity index (χ1n) is 3.19. The van der Waals surface area contributed by atoms with Crippen LogP contribution < -0.4 is 0 Å². The van der Waals surface area contributed by atoms with Gasteiger partial charge in [-0.2, -0.15) is 31.6 Å². The molecule has 0 unspecified atom stereocenters. The Labute approximate surface area is 90.5 Å². The molecule has 0 aromatic heterocycles. The minimum atomic E-state index is -6.80. The van der Waals surface area contributed by atoms with Gasteiger partial charge in [0, 0.05) is 0 Å². The number of rotatable bonds is 2. The molecule has 13 heteroatoms. The molecule has 0 heterocycles. The zero-order chi connectivity index (χ0) is 14.3. The van der Waals surface area contributed by atoms with Gasteiger partial charge in [-0.25, -0.2) is 16.8 Å². The molecule has 0 bridgehead atoms. The first-order valence-corrected chi connectivity index (χ1v) is 6.29. The number of hydrogen-bond acceptors (Lipinski definition) is 5. The summed E-state index contributed by atoms with van der Waals surface area (Å²) in [6.45, 7) is 0. The van der Waals surface area contributed by atoms with E-state index in [2.05, 4.69) is 0 Å². The summed E-state index contributed by atoms with van der Waals surface area (Å²) in [6.07, 6.45) is 0. The third-order valence-corrected chi connectivity index (χ3v) is 5.46. The molecule has 0 radical (unpaired) electrons. The van der Waals surface area contributed by atoms with Gasteiger partial charge in [-0.1, -0.05) is 0 Å². The normalized spacial score (nSPS) is 14.7. The molecule has 0 saturated carbocycles. The van der Waals surface area contributed by atoms with Crippen LogP contribution in [0.3, 0.4) is 0 Å². The SMILES string of the molecule is N#CC(S(=O)(=O)C(F)(F)F)S(=O)(=O)C(F)(F)F. The Morgan fingerprint density at radius 2 is 1.06 bits per heavy atom. The van der Waals surface area contributed by atoms with E-state index in [-0.39, 0.29) is 6.07 Å². The quantitative estimate of drug-likeness (QED) is 0.700. The van der Waals surface area contributed by atoms with Gasteiger partial charge in [-0.05, 0) is 0 Å². The molecule has 0 spiro atoms. The molecule has 0 aromatic carbocycles. The van der Waals surface area contributed by atoms with E-state index < -0.39 is 35.3 Å². The lowest BCUT2D eigenvalue weighted by Gasteiger charge is -2.15. The van der Waals surface area contributed by atoms with E-state index >= 15 is 0 Å². The van der Waals surface area contributed by atoms with Gasteiger partial charge in [0.1, 0.15) is 0 Å². The molecule has 0 aliphatic carbocycles. The van der Waals surface area contributed by atoms with Crippen molar-refractivity contribution < 1.29 is 43.2 Å². The number of nitriles is 1. The van der Waals surface area contributed by atoms with Crippen molar-refractivity contribution in [2.24, 2.45) is 0 Å². The fourth-order valence-electron chi connectivity index (χ4n) is 0.548. The molecule has 0 aromatic rings. The molecule has 100 valence electrons. The van der Waals surface area contributed by atoms with Gasteiger partial charge in [-0.15, -0.1) is 0 Å². The van der Waals surface area contributed by atoms with E-state index in [1.165, 1.54) is 0 Å². The highest BCUT2D eigenvalue weighted by atomic mass is 32.3. The second kappa shape index (κ2) is 4.02. The summed E-state index contributed by atoms with van der Waals surface area (Å²) in [6, 6.07) is -0.0202. The maximum absolute atomic E-state index is 11.8. The highest BCUT2D eigenvalue weighted by Crippen LogP contribution is 2.35. The molecular weight excluding hydrogens is 304 g/mol. The average Bonchev–Trinajstić information content (AvgIpc) is 1.99. The lowest BCUT2D eigenvalue weighted by atomic mass is 10.9. The fraction of sp³-hybridized carbons (Fsp3) is 0.750. The van der Waals surface area contributed by atoms with Gasteiger partial charge < -0.3 is 0 Å². The zero-order valence-corrected chi connectivity index (χ0v) is 8.87. The van der Waals surface area contributed by atoms with Crippen molar-refractivity contribution in [1.29, 1.82) is 5.26 Å². The van der Waals surface area contributed by atoms with Crippen LogP contribution in [0.25, 0.3) is 0 Å². The minimum absolute atomic E-state index is 0.0202. The van der Waals surface area contributed by atoms with E-state index in [1.54, 1.807) is 0 Å². The Kier molecular flexibility index (Phi) is 3.77. The van der Waals surface area contributed by atoms with Crippen molar-refractivity contribution in [3.05, 3.63) is 0 Å². The summed E-state index contributed by atoms with van der Waals surface area (Å²) in [7, 11) is -13.6. The van der Waals surface area contributed by atoms with E-state index in [4.69, 9.17) is 5.26 Å². The van der Waals surface area contributed by atoms with Crippen LogP contribution in [0.4, 0.5) is 26.3 Å². The molecule has 0 amide bonds. The smallest absolute Gasteiger partial charge is 0.217 e. The highest BCUT2D eigenvalue weighted by molar-refractivity contribution is 8.10. The maximum Gasteiger partial charge on any atom is 0.499 e. The summed E-state index contributed by atoms with van der Waals surface area (Å²) in [4.78, 5) is 0. The summed E-state index contributed by atoms with van der Waals surface area (Å²) >= 11 is 0. The predicted octanol–water partition coefficient (Wildman–Crippen LogP) is 0.705. The summed E-state index contributed by atoms with van der Waals surface area (Å²) in [5.74, 6) is 0. The van der Waals surface area contributed by atoms with E-state index in [0.717, 1.165) is 0 Å². The minimum Gasteiger partial charge on any atom is -0.217 e. The summed E-state index contributed by atoms with van der Waals surface area (Å²) in [5, 5.41) is 7.92. The molecule has 0 aliphatic heterocycles. The van der Waals surface area contributed by atoms with E-state index in [9.17, 15) is 43.2 Å². The van der Waals surface area contributed by atoms with Gasteiger partial charge in [-0.3, -0.25) is 0 Å². The van der Waals surface area contributed by atoms with Crippen molar-refractivity contribution >= 4 is 19.7 Å². The summed E-state index contributed by atoms with van der Waals surface area (Å²) in [5.41, 5.74) is -12.6. The van der Waals surface area contributed by atoms with Gasteiger partial charge in [0.25, 0.3) is 24.3 Å². The van der Waals surface area contributed by atoms with Crippen LogP contribution in [0.2, 0.25) is 0 Å². The van der Waals surface area contributed by atoms with E-state index in [1.807, 2.05) is 0 Å². The van der Waals surface area contributed by atoms with Crippen LogP contribution in [-0.2, 0) is 19.7 Å². The number of sulfone groups is 2. The standard InChI is InChI=1S/C4HF6NO4S2/c5-3(6,7)16(12,13)2(1-11)17(14,15)4(8,9)10/h2H. The van der Waals surface area contributed by atoms with Crippen LogP contribution in [0.1, 0.15) is 0 Å².